The van der Waals surface area contributed by atoms with Crippen molar-refractivity contribution in [3.63, 3.8) is 0 Å². The Balaban J connectivity index is 1.22. The van der Waals surface area contributed by atoms with Gasteiger partial charge >= 0.3 is 0 Å². The first-order valence-electron chi connectivity index (χ1n) is 13.0. The van der Waals surface area contributed by atoms with E-state index in [4.69, 9.17) is 19.2 Å². The predicted octanol–water partition coefficient (Wildman–Crippen LogP) is 3.36. The van der Waals surface area contributed by atoms with Crippen LogP contribution in [0.15, 0.2) is 53.8 Å². The lowest BCUT2D eigenvalue weighted by Crippen LogP contribution is -2.38. The maximum absolute atomic E-state index is 15.4. The highest BCUT2D eigenvalue weighted by atomic mass is 19.1. The molecule has 3 aromatic rings. The highest BCUT2D eigenvalue weighted by Crippen LogP contribution is 2.39. The number of aromatic nitrogens is 2. The van der Waals surface area contributed by atoms with Crippen molar-refractivity contribution in [2.24, 2.45) is 4.99 Å². The first-order valence-corrected chi connectivity index (χ1v) is 13.0. The molecule has 2 aromatic heterocycles. The predicted molar refractivity (Wildman–Crippen MR) is 144 cm³/mol. The number of anilines is 3. The second-order valence-electron chi connectivity index (χ2n) is 9.40. The number of fused-ring (bicyclic) bond motifs is 1. The number of ether oxygens (including phenoxy) is 3. The Kier molecular flexibility index (Phi) is 7.43. The van der Waals surface area contributed by atoms with Gasteiger partial charge in [0, 0.05) is 62.3 Å². The number of hydrogen-bond donors (Lipinski definition) is 0. The van der Waals surface area contributed by atoms with E-state index in [0.717, 1.165) is 68.7 Å². The second kappa shape index (κ2) is 11.4. The van der Waals surface area contributed by atoms with Crippen LogP contribution >= 0.6 is 0 Å². The van der Waals surface area contributed by atoms with Crippen LogP contribution in [0.5, 0.6) is 5.75 Å². The molecule has 0 bridgehead atoms. The fraction of sp³-hybridized carbons (Fsp3) is 0.393. The minimum absolute atomic E-state index is 0.377. The van der Waals surface area contributed by atoms with Crippen LogP contribution < -0.4 is 14.5 Å². The number of hydrogen-bond acceptors (Lipinski definition) is 9. The fourth-order valence-electron chi connectivity index (χ4n) is 4.97. The SMILES string of the molecule is Fc1cc(OCCN2CCOCC2)ccc1-c1nccc2c1N(c1ccc(N3CCOCC3)nc1)CN=C2. The Morgan fingerprint density at radius 1 is 0.921 bits per heavy atom. The lowest BCUT2D eigenvalue weighted by atomic mass is 10.0. The molecule has 5 heterocycles. The van der Waals surface area contributed by atoms with Crippen molar-refractivity contribution in [2.45, 2.75) is 0 Å². The third-order valence-electron chi connectivity index (χ3n) is 7.03. The van der Waals surface area contributed by atoms with Gasteiger partial charge in [0.25, 0.3) is 0 Å². The van der Waals surface area contributed by atoms with E-state index in [2.05, 4.69) is 19.8 Å². The Labute approximate surface area is 221 Å². The van der Waals surface area contributed by atoms with Crippen LogP contribution in [0.4, 0.5) is 21.6 Å². The highest BCUT2D eigenvalue weighted by molar-refractivity contribution is 5.97. The molecular weight excluding hydrogens is 487 g/mol. The van der Waals surface area contributed by atoms with Crippen LogP contribution in [0.3, 0.4) is 0 Å². The largest absolute Gasteiger partial charge is 0.492 e. The second-order valence-corrected chi connectivity index (χ2v) is 9.40. The molecule has 198 valence electrons. The fourth-order valence-corrected chi connectivity index (χ4v) is 4.97. The van der Waals surface area contributed by atoms with Crippen molar-refractivity contribution >= 4 is 23.4 Å². The third kappa shape index (κ3) is 5.33. The molecule has 0 N–H and O–H groups in total. The minimum atomic E-state index is -0.377. The van der Waals surface area contributed by atoms with Gasteiger partial charge in [0.1, 0.15) is 30.7 Å². The van der Waals surface area contributed by atoms with Gasteiger partial charge in [-0.2, -0.15) is 0 Å². The molecule has 3 aliphatic heterocycles. The molecule has 0 amide bonds. The summed E-state index contributed by atoms with van der Waals surface area (Å²) >= 11 is 0. The molecule has 0 saturated carbocycles. The Morgan fingerprint density at radius 2 is 1.74 bits per heavy atom. The summed E-state index contributed by atoms with van der Waals surface area (Å²) in [6.45, 7) is 8.01. The molecule has 38 heavy (non-hydrogen) atoms. The summed E-state index contributed by atoms with van der Waals surface area (Å²) in [5, 5.41) is 0. The van der Waals surface area contributed by atoms with Gasteiger partial charge in [-0.1, -0.05) is 0 Å². The van der Waals surface area contributed by atoms with Crippen molar-refractivity contribution in [1.29, 1.82) is 0 Å². The lowest BCUT2D eigenvalue weighted by Gasteiger charge is -2.30. The van der Waals surface area contributed by atoms with Crippen LogP contribution in [-0.2, 0) is 9.47 Å². The molecule has 0 atom stereocenters. The van der Waals surface area contributed by atoms with Gasteiger partial charge in [-0.05, 0) is 30.3 Å². The number of aliphatic imine (C=N–C) groups is 1. The van der Waals surface area contributed by atoms with Gasteiger partial charge in [0.05, 0.1) is 49.7 Å². The zero-order chi connectivity index (χ0) is 25.7. The van der Waals surface area contributed by atoms with E-state index in [1.165, 1.54) is 6.07 Å². The monoisotopic (exact) mass is 518 g/mol. The van der Waals surface area contributed by atoms with Crippen molar-refractivity contribution in [2.75, 3.05) is 82.2 Å². The van der Waals surface area contributed by atoms with E-state index >= 15 is 4.39 Å². The van der Waals surface area contributed by atoms with Crippen molar-refractivity contribution in [3.8, 4) is 17.0 Å². The Bertz CT molecular complexity index is 1280. The van der Waals surface area contributed by atoms with Crippen LogP contribution in [0.2, 0.25) is 0 Å². The summed E-state index contributed by atoms with van der Waals surface area (Å²) in [4.78, 5) is 20.3. The molecule has 3 aliphatic rings. The van der Waals surface area contributed by atoms with E-state index in [0.29, 0.717) is 43.5 Å². The average Bonchev–Trinajstić information content (AvgIpc) is 2.98. The van der Waals surface area contributed by atoms with Crippen LogP contribution in [0, 0.1) is 5.82 Å². The maximum atomic E-state index is 15.4. The van der Waals surface area contributed by atoms with Crippen molar-refractivity contribution < 1.29 is 18.6 Å². The number of pyridine rings is 2. The molecule has 1 aromatic carbocycles. The van der Waals surface area contributed by atoms with Gasteiger partial charge in [-0.15, -0.1) is 0 Å². The average molecular weight is 519 g/mol. The first-order chi connectivity index (χ1) is 18.8. The summed E-state index contributed by atoms with van der Waals surface area (Å²) in [5.41, 5.74) is 3.54. The summed E-state index contributed by atoms with van der Waals surface area (Å²) in [6.07, 6.45) is 5.34. The first kappa shape index (κ1) is 24.7. The molecular formula is C28H31FN6O3. The zero-order valence-electron chi connectivity index (χ0n) is 21.3. The Morgan fingerprint density at radius 3 is 2.50 bits per heavy atom. The van der Waals surface area contributed by atoms with Gasteiger partial charge in [0.15, 0.2) is 0 Å². The molecule has 2 fully saturated rings. The van der Waals surface area contributed by atoms with Gasteiger partial charge in [-0.3, -0.25) is 14.9 Å². The van der Waals surface area contributed by atoms with Gasteiger partial charge in [-0.25, -0.2) is 9.37 Å². The molecule has 9 nitrogen and oxygen atoms in total. The standard InChI is InChI=1S/C28H31FN6O3/c29-25-17-23(38-16-9-33-7-12-36-13-8-33)2-3-24(25)27-28-21(5-6-31-27)18-30-20-35(28)22-1-4-26(32-19-22)34-10-14-37-15-11-34/h1-6,17-19H,7-16,20H2. The molecule has 6 rings (SSSR count). The number of morpholine rings is 2. The number of nitrogens with zero attached hydrogens (tertiary/aromatic N) is 6. The summed E-state index contributed by atoms with van der Waals surface area (Å²) in [6, 6.07) is 10.9. The van der Waals surface area contributed by atoms with Crippen molar-refractivity contribution in [3.05, 3.63) is 60.2 Å². The number of benzene rings is 1. The van der Waals surface area contributed by atoms with E-state index < -0.39 is 0 Å². The molecule has 0 aliphatic carbocycles. The van der Waals surface area contributed by atoms with Crippen LogP contribution in [0.1, 0.15) is 5.56 Å². The van der Waals surface area contributed by atoms with E-state index in [1.54, 1.807) is 18.3 Å². The molecule has 2 saturated heterocycles. The van der Waals surface area contributed by atoms with Crippen LogP contribution in [-0.4, -0.2) is 93.5 Å². The maximum Gasteiger partial charge on any atom is 0.136 e. The normalized spacial score (nSPS) is 17.9. The molecule has 0 spiro atoms. The van der Waals surface area contributed by atoms with E-state index in [9.17, 15) is 0 Å². The van der Waals surface area contributed by atoms with Crippen molar-refractivity contribution in [1.82, 2.24) is 14.9 Å². The Hall–Kier alpha value is -3.60. The summed E-state index contributed by atoms with van der Waals surface area (Å²) < 4.78 is 32.1. The number of halogens is 1. The summed E-state index contributed by atoms with van der Waals surface area (Å²) in [7, 11) is 0. The van der Waals surface area contributed by atoms with E-state index in [1.807, 2.05) is 35.5 Å². The van der Waals surface area contributed by atoms with Gasteiger partial charge in [0.2, 0.25) is 0 Å². The topological polar surface area (TPSA) is 75.6 Å². The lowest BCUT2D eigenvalue weighted by molar-refractivity contribution is 0.0322. The zero-order valence-corrected chi connectivity index (χ0v) is 21.3. The minimum Gasteiger partial charge on any atom is -0.492 e. The third-order valence-corrected chi connectivity index (χ3v) is 7.03. The number of rotatable bonds is 7. The molecule has 10 heteroatoms. The highest BCUT2D eigenvalue weighted by Gasteiger charge is 2.24. The van der Waals surface area contributed by atoms with Gasteiger partial charge < -0.3 is 24.0 Å². The van der Waals surface area contributed by atoms with E-state index in [-0.39, 0.29) is 5.82 Å². The summed E-state index contributed by atoms with van der Waals surface area (Å²) in [5.74, 6) is 1.04. The van der Waals surface area contributed by atoms with Crippen LogP contribution in [0.25, 0.3) is 11.3 Å². The quantitative estimate of drug-likeness (QED) is 0.472. The molecule has 0 radical (unpaired) electrons. The smallest absolute Gasteiger partial charge is 0.136 e. The molecule has 0 unspecified atom stereocenters.